The van der Waals surface area contributed by atoms with Gasteiger partial charge in [-0.25, -0.2) is 4.79 Å². The van der Waals surface area contributed by atoms with Crippen LogP contribution in [0.25, 0.3) is 0 Å². The average molecular weight is 744 g/mol. The van der Waals surface area contributed by atoms with Crippen LogP contribution < -0.4 is 16.0 Å². The van der Waals surface area contributed by atoms with E-state index in [0.29, 0.717) is 16.0 Å². The van der Waals surface area contributed by atoms with E-state index in [9.17, 15) is 43.7 Å². The van der Waals surface area contributed by atoms with Gasteiger partial charge in [0.2, 0.25) is 18.0 Å². The van der Waals surface area contributed by atoms with Gasteiger partial charge in [0.15, 0.2) is 4.75 Å². The Kier molecular flexibility index (Phi) is 10.2. The van der Waals surface area contributed by atoms with Crippen LogP contribution in [0.2, 0.25) is 0 Å². The summed E-state index contributed by atoms with van der Waals surface area (Å²) < 4.78 is 4.19. The van der Waals surface area contributed by atoms with Gasteiger partial charge >= 0.3 is 23.8 Å². The number of thioether (sulfide) groups is 1. The highest BCUT2D eigenvalue weighted by molar-refractivity contribution is 8.02. The number of carbonyl (C=O) groups excluding carboxylic acids is 7. The van der Waals surface area contributed by atoms with Gasteiger partial charge in [0.25, 0.3) is 11.6 Å². The number of non-ortho nitro benzene ring substituents is 1. The van der Waals surface area contributed by atoms with Gasteiger partial charge in [-0.3, -0.25) is 43.8 Å². The maximum absolute atomic E-state index is 14.1. The Morgan fingerprint density at radius 1 is 0.981 bits per heavy atom. The van der Waals surface area contributed by atoms with Crippen molar-refractivity contribution in [2.75, 3.05) is 26.2 Å². The minimum atomic E-state index is -2.07. The smallest absolute Gasteiger partial charge is 0.329 e. The van der Waals surface area contributed by atoms with Crippen LogP contribution in [-0.4, -0.2) is 98.9 Å². The van der Waals surface area contributed by atoms with Crippen LogP contribution in [-0.2, 0) is 44.9 Å². The molecule has 0 radical (unpaired) electrons. The van der Waals surface area contributed by atoms with Crippen LogP contribution in [0, 0.1) is 10.1 Å². The van der Waals surface area contributed by atoms with Crippen molar-refractivity contribution < 1.29 is 43.2 Å². The molecule has 18 heteroatoms. The molecule has 3 N–H and O–H groups in total. The summed E-state index contributed by atoms with van der Waals surface area (Å²) in [5.74, 6) is -4.35. The topological polar surface area (TPSA) is 218 Å². The number of esters is 1. The third kappa shape index (κ3) is 6.63. The van der Waals surface area contributed by atoms with E-state index in [1.807, 2.05) is 0 Å². The number of nitrogens with one attached hydrogen (secondary N) is 3. The third-order valence-electron chi connectivity index (χ3n) is 9.25. The molecular weight excluding hydrogens is 710 g/mol. The van der Waals surface area contributed by atoms with E-state index in [0.717, 1.165) is 11.8 Å². The van der Waals surface area contributed by atoms with Gasteiger partial charge in [-0.15, -0.1) is 11.8 Å². The summed E-state index contributed by atoms with van der Waals surface area (Å²) in [4.78, 5) is 107. The van der Waals surface area contributed by atoms with E-state index in [-0.39, 0.29) is 50.4 Å². The Balaban J connectivity index is 1.26. The number of ether oxygens (including phenoxy) is 1. The van der Waals surface area contributed by atoms with Gasteiger partial charge in [-0.05, 0) is 35.7 Å². The van der Waals surface area contributed by atoms with Gasteiger partial charge < -0.3 is 30.5 Å². The number of hydrogen-bond donors (Lipinski definition) is 3. The quantitative estimate of drug-likeness (QED) is 0.0455. The molecule has 0 saturated carbocycles. The fourth-order valence-electron chi connectivity index (χ4n) is 6.42. The number of fused-ring (bicyclic) bond motifs is 1. The number of nitro groups is 1. The molecule has 3 aromatic carbocycles. The molecule has 53 heavy (non-hydrogen) atoms. The minimum absolute atomic E-state index is 0.103. The van der Waals surface area contributed by atoms with E-state index in [1.165, 1.54) is 46.2 Å². The second kappa shape index (κ2) is 14.7. The first kappa shape index (κ1) is 36.5. The Bertz CT molecular complexity index is 1970. The lowest BCUT2D eigenvalue weighted by Gasteiger charge is -2.51. The fourth-order valence-corrected chi connectivity index (χ4v) is 8.14. The number of amides is 7. The molecule has 17 nitrogen and oxygen atoms in total. The minimum Gasteiger partial charge on any atom is -0.459 e. The number of nitro benzene ring substituents is 1. The SMILES string of the molecule is CCN1CCN(C(=O)N[C@@H](C(=O)NC2(NC=O)C(=O)N3C[C@@](C(=O)OCc4ccc([N+](=O)[O-])cc4)(c4ccccc4)S[C@@H]32)c2ccccc2)C(=O)C1=O. The highest BCUT2D eigenvalue weighted by Crippen LogP contribution is 2.55. The lowest BCUT2D eigenvalue weighted by Crippen LogP contribution is -2.83. The molecule has 0 aromatic heterocycles. The van der Waals surface area contributed by atoms with Crippen LogP contribution in [0.3, 0.4) is 0 Å². The molecule has 0 aliphatic carbocycles. The molecule has 3 heterocycles. The first-order valence-corrected chi connectivity index (χ1v) is 17.3. The Labute approximate surface area is 306 Å². The van der Waals surface area contributed by atoms with Crippen molar-refractivity contribution in [2.45, 2.75) is 35.4 Å². The molecule has 3 fully saturated rings. The first-order chi connectivity index (χ1) is 25.5. The van der Waals surface area contributed by atoms with E-state index >= 15 is 0 Å². The molecule has 1 unspecified atom stereocenters. The maximum atomic E-state index is 14.1. The van der Waals surface area contributed by atoms with Crippen molar-refractivity contribution in [2.24, 2.45) is 0 Å². The zero-order valence-electron chi connectivity index (χ0n) is 28.1. The van der Waals surface area contributed by atoms with Gasteiger partial charge in [-0.1, -0.05) is 60.7 Å². The highest BCUT2D eigenvalue weighted by Gasteiger charge is 2.71. The fraction of sp³-hybridized carbons (Fsp3) is 0.286. The van der Waals surface area contributed by atoms with Crippen molar-refractivity contribution in [3.8, 4) is 0 Å². The van der Waals surface area contributed by atoms with Crippen LogP contribution in [0.15, 0.2) is 84.9 Å². The van der Waals surface area contributed by atoms with Gasteiger partial charge in [0.05, 0.1) is 11.5 Å². The number of benzene rings is 3. The molecular formula is C35H33N7O10S. The maximum Gasteiger partial charge on any atom is 0.329 e. The Morgan fingerprint density at radius 3 is 2.26 bits per heavy atom. The van der Waals surface area contributed by atoms with Gasteiger partial charge in [0.1, 0.15) is 18.0 Å². The number of carbonyl (C=O) groups is 7. The van der Waals surface area contributed by atoms with E-state index < -0.39 is 62.4 Å². The molecule has 3 aliphatic heterocycles. The van der Waals surface area contributed by atoms with Crippen molar-refractivity contribution in [1.82, 2.24) is 30.7 Å². The number of rotatable bonds is 12. The summed E-state index contributed by atoms with van der Waals surface area (Å²) in [6.07, 6.45) is 0.235. The van der Waals surface area contributed by atoms with Crippen LogP contribution in [0.1, 0.15) is 29.7 Å². The van der Waals surface area contributed by atoms with E-state index in [2.05, 4.69) is 16.0 Å². The van der Waals surface area contributed by atoms with Crippen molar-refractivity contribution in [3.63, 3.8) is 0 Å². The summed E-state index contributed by atoms with van der Waals surface area (Å²) in [6.45, 7) is 1.53. The monoisotopic (exact) mass is 743 g/mol. The number of hydrogen-bond acceptors (Lipinski definition) is 11. The summed E-state index contributed by atoms with van der Waals surface area (Å²) >= 11 is 0.973. The number of likely N-dealkylation sites (N-methyl/N-ethyl adjacent to an activating group) is 1. The third-order valence-corrected chi connectivity index (χ3v) is 11.0. The van der Waals surface area contributed by atoms with Crippen molar-refractivity contribution in [1.29, 1.82) is 0 Å². The molecule has 4 atom stereocenters. The second-order valence-electron chi connectivity index (χ2n) is 12.3. The van der Waals surface area contributed by atoms with Crippen molar-refractivity contribution >= 4 is 59.5 Å². The molecule has 3 aromatic rings. The number of β-lactam (4-membered cyclic amide) rings is 1. The molecule has 0 bridgehead atoms. The first-order valence-electron chi connectivity index (χ1n) is 16.4. The van der Waals surface area contributed by atoms with E-state index in [1.54, 1.807) is 55.5 Å². The lowest BCUT2D eigenvalue weighted by molar-refractivity contribution is -0.384. The summed E-state index contributed by atoms with van der Waals surface area (Å²) in [5, 5.41) is 17.6. The van der Waals surface area contributed by atoms with Crippen LogP contribution in [0.5, 0.6) is 0 Å². The summed E-state index contributed by atoms with van der Waals surface area (Å²) in [5.41, 5.74) is -0.991. The highest BCUT2D eigenvalue weighted by atomic mass is 32.2. The number of piperazine rings is 1. The molecule has 3 aliphatic rings. The Hall–Kier alpha value is -6.30. The number of urea groups is 1. The normalized spacial score (nSPS) is 22.6. The molecule has 7 amide bonds. The molecule has 0 spiro atoms. The van der Waals surface area contributed by atoms with Gasteiger partial charge in [0, 0.05) is 31.8 Å². The van der Waals surface area contributed by atoms with Crippen LogP contribution >= 0.6 is 11.8 Å². The number of nitrogens with zero attached hydrogens (tertiary/aromatic N) is 4. The lowest BCUT2D eigenvalue weighted by atomic mass is 9.92. The molecule has 274 valence electrons. The van der Waals surface area contributed by atoms with E-state index in [4.69, 9.17) is 4.74 Å². The average Bonchev–Trinajstić information content (AvgIpc) is 3.57. The largest absolute Gasteiger partial charge is 0.459 e. The molecule has 3 saturated heterocycles. The second-order valence-corrected chi connectivity index (χ2v) is 13.7. The van der Waals surface area contributed by atoms with Crippen LogP contribution in [0.4, 0.5) is 10.5 Å². The number of imide groups is 1. The summed E-state index contributed by atoms with van der Waals surface area (Å²) in [6, 6.07) is 19.4. The zero-order chi connectivity index (χ0) is 37.9. The predicted molar refractivity (Wildman–Crippen MR) is 186 cm³/mol. The zero-order valence-corrected chi connectivity index (χ0v) is 28.9. The standard InChI is InChI=1S/C35H33N7O10S/c1-2-39-17-18-40(29(46)28(39)45)33(49)37-26(23-9-5-3-6-10-23)27(44)38-35(36-21-43)30(47)41-20-34(53-31(35)41,24-11-7-4-8-12-24)32(48)52-19-22-13-15-25(16-14-22)42(50)51/h3-16,21,26,31H,2,17-20H2,1H3,(H,36,43)(H,37,49)(H,38,44)/t26-,31-,34+,35?/m1/s1. The van der Waals surface area contributed by atoms with Gasteiger partial charge in [-0.2, -0.15) is 0 Å². The molecule has 6 rings (SSSR count). The predicted octanol–water partition coefficient (Wildman–Crippen LogP) is 1.15. The van der Waals surface area contributed by atoms with Crippen molar-refractivity contribution in [3.05, 3.63) is 112 Å². The Morgan fingerprint density at radius 2 is 1.64 bits per heavy atom. The summed E-state index contributed by atoms with van der Waals surface area (Å²) in [7, 11) is 0.